The van der Waals surface area contributed by atoms with Crippen molar-refractivity contribution in [1.29, 1.82) is 0 Å². The fourth-order valence-corrected chi connectivity index (χ4v) is 3.30. The van der Waals surface area contributed by atoms with Crippen molar-refractivity contribution in [3.63, 3.8) is 0 Å². The van der Waals surface area contributed by atoms with Crippen molar-refractivity contribution in [2.24, 2.45) is 0 Å². The number of H-pyrrole nitrogens is 1. The quantitative estimate of drug-likeness (QED) is 0.684. The Morgan fingerprint density at radius 3 is 2.86 bits per heavy atom. The molecule has 114 valence electrons. The second-order valence-corrected chi connectivity index (χ2v) is 6.81. The van der Waals surface area contributed by atoms with Gasteiger partial charge in [-0.15, -0.1) is 11.3 Å². The van der Waals surface area contributed by atoms with Crippen molar-refractivity contribution < 1.29 is 18.3 Å². The van der Waals surface area contributed by atoms with E-state index < -0.39 is 16.0 Å². The molecule has 0 aliphatic heterocycles. The number of aromatic nitrogens is 3. The second-order valence-electron chi connectivity index (χ2n) is 4.13. The lowest BCUT2D eigenvalue weighted by atomic mass is 10.4. The minimum atomic E-state index is -3.64. The van der Waals surface area contributed by atoms with Crippen LogP contribution < -0.4 is 4.72 Å². The summed E-state index contributed by atoms with van der Waals surface area (Å²) in [6.07, 6.45) is 2.21. The number of thiazole rings is 1. The third-order valence-corrected chi connectivity index (χ3v) is 4.91. The number of aromatic carboxylic acids is 1. The molecule has 2 rings (SSSR count). The minimum absolute atomic E-state index is 0.0183. The van der Waals surface area contributed by atoms with Crippen LogP contribution in [0, 0.1) is 0 Å². The molecule has 0 bridgehead atoms. The van der Waals surface area contributed by atoms with Crippen LogP contribution in [-0.2, 0) is 22.9 Å². The summed E-state index contributed by atoms with van der Waals surface area (Å²) in [7, 11) is -3.64. The maximum atomic E-state index is 12.0. The molecule has 0 spiro atoms. The van der Waals surface area contributed by atoms with E-state index >= 15 is 0 Å². The van der Waals surface area contributed by atoms with E-state index in [2.05, 4.69) is 19.7 Å². The summed E-state index contributed by atoms with van der Waals surface area (Å²) < 4.78 is 26.4. The number of sulfonamides is 1. The Kier molecular flexibility index (Phi) is 4.70. The van der Waals surface area contributed by atoms with Gasteiger partial charge < -0.3 is 10.1 Å². The summed E-state index contributed by atoms with van der Waals surface area (Å²) in [4.78, 5) is 21.2. The highest BCUT2D eigenvalue weighted by Gasteiger charge is 2.17. The third kappa shape index (κ3) is 3.86. The van der Waals surface area contributed by atoms with Crippen LogP contribution in [0.3, 0.4) is 0 Å². The van der Waals surface area contributed by atoms with Crippen molar-refractivity contribution in [1.82, 2.24) is 19.7 Å². The molecule has 0 fully saturated rings. The highest BCUT2D eigenvalue weighted by atomic mass is 32.2. The first kappa shape index (κ1) is 15.6. The predicted molar refractivity (Wildman–Crippen MR) is 75.9 cm³/mol. The van der Waals surface area contributed by atoms with E-state index in [4.69, 9.17) is 5.11 Å². The maximum absolute atomic E-state index is 12.0. The number of aryl methyl sites for hydroxylation is 1. The topological polar surface area (TPSA) is 125 Å². The van der Waals surface area contributed by atoms with Gasteiger partial charge in [0.1, 0.15) is 5.82 Å². The van der Waals surface area contributed by atoms with Crippen molar-refractivity contribution in [3.8, 4) is 0 Å². The van der Waals surface area contributed by atoms with E-state index in [1.165, 1.54) is 22.9 Å². The van der Waals surface area contributed by atoms with Crippen LogP contribution in [0.1, 0.15) is 28.2 Å². The summed E-state index contributed by atoms with van der Waals surface area (Å²) >= 11 is 1.19. The number of carboxylic acid groups (broad SMARTS) is 1. The summed E-state index contributed by atoms with van der Waals surface area (Å²) in [6, 6.07) is 0. The number of hydrogen-bond donors (Lipinski definition) is 3. The van der Waals surface area contributed by atoms with Crippen molar-refractivity contribution in [2.45, 2.75) is 24.8 Å². The van der Waals surface area contributed by atoms with E-state index in [9.17, 15) is 13.2 Å². The van der Waals surface area contributed by atoms with Gasteiger partial charge in [-0.25, -0.2) is 27.9 Å². The lowest BCUT2D eigenvalue weighted by Gasteiger charge is -2.03. The summed E-state index contributed by atoms with van der Waals surface area (Å²) in [5.74, 6) is -0.496. The van der Waals surface area contributed by atoms with Crippen LogP contribution in [0.4, 0.5) is 0 Å². The normalized spacial score (nSPS) is 11.7. The monoisotopic (exact) mass is 330 g/mol. The SMILES string of the molecule is CCc1ncc(S(=O)(=O)NCCc2nc(C(=O)O)cs2)[nH]1. The second kappa shape index (κ2) is 6.33. The standard InChI is InChI=1S/C11H14N4O4S2/c1-2-8-12-5-10(15-8)21(18,19)13-4-3-9-14-7(6-20-9)11(16)17/h5-6,13H,2-4H2,1H3,(H,12,15)(H,16,17). The maximum Gasteiger partial charge on any atom is 0.355 e. The molecular weight excluding hydrogens is 316 g/mol. The first-order valence-corrected chi connectivity index (χ1v) is 8.50. The molecule has 0 saturated heterocycles. The van der Waals surface area contributed by atoms with Gasteiger partial charge in [0.05, 0.1) is 11.2 Å². The largest absolute Gasteiger partial charge is 0.476 e. The molecule has 2 heterocycles. The van der Waals surface area contributed by atoms with Gasteiger partial charge >= 0.3 is 5.97 Å². The summed E-state index contributed by atoms with van der Waals surface area (Å²) in [6.45, 7) is 2.00. The van der Waals surface area contributed by atoms with Crippen molar-refractivity contribution in [3.05, 3.63) is 28.1 Å². The van der Waals surface area contributed by atoms with Crippen LogP contribution >= 0.6 is 11.3 Å². The molecule has 0 aliphatic rings. The molecular formula is C11H14N4O4S2. The van der Waals surface area contributed by atoms with Crippen LogP contribution in [0.2, 0.25) is 0 Å². The Labute approximate surface area is 125 Å². The number of imidazole rings is 1. The Morgan fingerprint density at radius 1 is 1.52 bits per heavy atom. The highest BCUT2D eigenvalue weighted by molar-refractivity contribution is 7.89. The molecule has 0 amide bonds. The van der Waals surface area contributed by atoms with Crippen LogP contribution in [0.25, 0.3) is 0 Å². The third-order valence-electron chi connectivity index (χ3n) is 2.63. The fraction of sp³-hybridized carbons (Fsp3) is 0.364. The Bertz CT molecular complexity index is 735. The van der Waals surface area contributed by atoms with Crippen LogP contribution in [0.5, 0.6) is 0 Å². The van der Waals surface area contributed by atoms with Gasteiger partial charge in [0, 0.05) is 24.8 Å². The van der Waals surface area contributed by atoms with Gasteiger partial charge in [0.25, 0.3) is 10.0 Å². The van der Waals surface area contributed by atoms with E-state index in [0.29, 0.717) is 23.7 Å². The predicted octanol–water partition coefficient (Wildman–Crippen LogP) is 0.648. The molecule has 0 radical (unpaired) electrons. The number of rotatable bonds is 7. The van der Waals surface area contributed by atoms with Gasteiger partial charge in [-0.2, -0.15) is 0 Å². The molecule has 0 atom stereocenters. The van der Waals surface area contributed by atoms with E-state index in [1.54, 1.807) is 0 Å². The average molecular weight is 330 g/mol. The zero-order chi connectivity index (χ0) is 15.5. The Hall–Kier alpha value is -1.78. The fourth-order valence-electron chi connectivity index (χ4n) is 1.55. The molecule has 0 unspecified atom stereocenters. The summed E-state index contributed by atoms with van der Waals surface area (Å²) in [5, 5.41) is 10.8. The van der Waals surface area contributed by atoms with E-state index in [0.717, 1.165) is 0 Å². The number of nitrogens with one attached hydrogen (secondary N) is 2. The zero-order valence-electron chi connectivity index (χ0n) is 11.2. The number of carbonyl (C=O) groups is 1. The molecule has 0 aromatic carbocycles. The van der Waals surface area contributed by atoms with Crippen LogP contribution in [-0.4, -0.2) is 41.0 Å². The number of aromatic amines is 1. The summed E-state index contributed by atoms with van der Waals surface area (Å²) in [5.41, 5.74) is -0.0287. The molecule has 2 aromatic rings. The molecule has 0 aliphatic carbocycles. The molecule has 2 aromatic heterocycles. The number of hydrogen-bond acceptors (Lipinski definition) is 6. The number of nitrogens with zero attached hydrogens (tertiary/aromatic N) is 2. The smallest absolute Gasteiger partial charge is 0.355 e. The minimum Gasteiger partial charge on any atom is -0.476 e. The lowest BCUT2D eigenvalue weighted by Crippen LogP contribution is -2.26. The average Bonchev–Trinajstić information content (AvgIpc) is 3.07. The molecule has 8 nitrogen and oxygen atoms in total. The lowest BCUT2D eigenvalue weighted by molar-refractivity contribution is 0.0691. The molecule has 21 heavy (non-hydrogen) atoms. The highest BCUT2D eigenvalue weighted by Crippen LogP contribution is 2.11. The van der Waals surface area contributed by atoms with Crippen molar-refractivity contribution >= 4 is 27.3 Å². The van der Waals surface area contributed by atoms with Gasteiger partial charge in [0.2, 0.25) is 0 Å². The molecule has 3 N–H and O–H groups in total. The molecule has 10 heteroatoms. The zero-order valence-corrected chi connectivity index (χ0v) is 12.8. The van der Waals surface area contributed by atoms with Crippen molar-refractivity contribution in [2.75, 3.05) is 6.54 Å². The van der Waals surface area contributed by atoms with E-state index in [1.807, 2.05) is 6.92 Å². The van der Waals surface area contributed by atoms with Crippen LogP contribution in [0.15, 0.2) is 16.6 Å². The number of carboxylic acids is 1. The van der Waals surface area contributed by atoms with Gasteiger partial charge in [-0.3, -0.25) is 0 Å². The first-order chi connectivity index (χ1) is 9.92. The van der Waals surface area contributed by atoms with E-state index in [-0.39, 0.29) is 17.3 Å². The Balaban J connectivity index is 1.93. The Morgan fingerprint density at radius 2 is 2.29 bits per heavy atom. The van der Waals surface area contributed by atoms with Gasteiger partial charge in [-0.05, 0) is 0 Å². The van der Waals surface area contributed by atoms with Gasteiger partial charge in [0.15, 0.2) is 10.7 Å². The first-order valence-electron chi connectivity index (χ1n) is 6.13. The van der Waals surface area contributed by atoms with Gasteiger partial charge in [-0.1, -0.05) is 6.92 Å². The molecule has 0 saturated carbocycles.